The van der Waals surface area contributed by atoms with Gasteiger partial charge >= 0.3 is 0 Å². The standard InChI is InChI=1S/C15H26N2O2/c1-13-10-14(11-16)4-5-15(13)12-17(6-8-18-2)7-9-19-3/h4-5,10H,6-9,11-12,16H2,1-3H3. The van der Waals surface area contributed by atoms with Crippen LogP contribution in [0.4, 0.5) is 0 Å². The first-order valence-electron chi connectivity index (χ1n) is 6.70. The summed E-state index contributed by atoms with van der Waals surface area (Å²) in [5, 5.41) is 0. The van der Waals surface area contributed by atoms with E-state index < -0.39 is 0 Å². The molecule has 0 amide bonds. The Hall–Kier alpha value is -0.940. The second kappa shape index (κ2) is 9.04. The van der Waals surface area contributed by atoms with Gasteiger partial charge in [0.25, 0.3) is 0 Å². The molecule has 0 radical (unpaired) electrons. The molecule has 0 unspecified atom stereocenters. The third-order valence-electron chi connectivity index (χ3n) is 3.26. The van der Waals surface area contributed by atoms with Gasteiger partial charge in [0.15, 0.2) is 0 Å². The highest BCUT2D eigenvalue weighted by Gasteiger charge is 2.08. The second-order valence-electron chi connectivity index (χ2n) is 4.73. The van der Waals surface area contributed by atoms with Gasteiger partial charge < -0.3 is 15.2 Å². The van der Waals surface area contributed by atoms with Crippen LogP contribution in [0, 0.1) is 6.92 Å². The molecule has 0 aliphatic carbocycles. The quantitative estimate of drug-likeness (QED) is 0.736. The molecule has 19 heavy (non-hydrogen) atoms. The van der Waals surface area contributed by atoms with Crippen LogP contribution in [0.1, 0.15) is 16.7 Å². The molecule has 2 N–H and O–H groups in total. The number of methoxy groups -OCH3 is 2. The molecule has 1 rings (SSSR count). The zero-order chi connectivity index (χ0) is 14.1. The van der Waals surface area contributed by atoms with Crippen molar-refractivity contribution < 1.29 is 9.47 Å². The maximum atomic E-state index is 5.66. The lowest BCUT2D eigenvalue weighted by molar-refractivity contribution is 0.110. The molecule has 0 saturated heterocycles. The molecule has 0 aliphatic rings. The molecule has 1 aromatic carbocycles. The summed E-state index contributed by atoms with van der Waals surface area (Å²) in [5.74, 6) is 0. The lowest BCUT2D eigenvalue weighted by atomic mass is 10.0. The Bertz CT molecular complexity index is 361. The Morgan fingerprint density at radius 2 is 1.74 bits per heavy atom. The summed E-state index contributed by atoms with van der Waals surface area (Å²) in [5.41, 5.74) is 9.47. The maximum Gasteiger partial charge on any atom is 0.0589 e. The fourth-order valence-electron chi connectivity index (χ4n) is 2.01. The van der Waals surface area contributed by atoms with E-state index in [1.807, 2.05) is 0 Å². The number of benzene rings is 1. The molecular formula is C15H26N2O2. The van der Waals surface area contributed by atoms with Crippen LogP contribution in [0.5, 0.6) is 0 Å². The van der Waals surface area contributed by atoms with E-state index in [0.29, 0.717) is 6.54 Å². The van der Waals surface area contributed by atoms with Gasteiger partial charge in [-0.2, -0.15) is 0 Å². The monoisotopic (exact) mass is 266 g/mol. The van der Waals surface area contributed by atoms with Crippen molar-refractivity contribution in [2.24, 2.45) is 5.73 Å². The lowest BCUT2D eigenvalue weighted by Gasteiger charge is -2.22. The number of hydrogen-bond acceptors (Lipinski definition) is 4. The molecule has 0 aromatic heterocycles. The van der Waals surface area contributed by atoms with Crippen molar-refractivity contribution in [3.8, 4) is 0 Å². The summed E-state index contributed by atoms with van der Waals surface area (Å²) in [6, 6.07) is 6.44. The van der Waals surface area contributed by atoms with Gasteiger partial charge in [-0.25, -0.2) is 0 Å². The van der Waals surface area contributed by atoms with E-state index in [1.54, 1.807) is 14.2 Å². The zero-order valence-corrected chi connectivity index (χ0v) is 12.3. The first-order valence-corrected chi connectivity index (χ1v) is 6.70. The van der Waals surface area contributed by atoms with Gasteiger partial charge in [-0.15, -0.1) is 0 Å². The van der Waals surface area contributed by atoms with Gasteiger partial charge in [-0.3, -0.25) is 4.90 Å². The van der Waals surface area contributed by atoms with Crippen LogP contribution in [0.25, 0.3) is 0 Å². The van der Waals surface area contributed by atoms with Crippen LogP contribution in [-0.2, 0) is 22.6 Å². The Morgan fingerprint density at radius 3 is 2.21 bits per heavy atom. The fourth-order valence-corrected chi connectivity index (χ4v) is 2.01. The van der Waals surface area contributed by atoms with E-state index >= 15 is 0 Å². The van der Waals surface area contributed by atoms with Crippen molar-refractivity contribution in [1.29, 1.82) is 0 Å². The minimum absolute atomic E-state index is 0.595. The molecule has 4 nitrogen and oxygen atoms in total. The van der Waals surface area contributed by atoms with Gasteiger partial charge in [-0.05, 0) is 23.6 Å². The topological polar surface area (TPSA) is 47.7 Å². The summed E-state index contributed by atoms with van der Waals surface area (Å²) in [7, 11) is 3.46. The molecule has 0 bridgehead atoms. The van der Waals surface area contributed by atoms with E-state index in [-0.39, 0.29) is 0 Å². The zero-order valence-electron chi connectivity index (χ0n) is 12.3. The molecule has 0 spiro atoms. The van der Waals surface area contributed by atoms with Crippen molar-refractivity contribution >= 4 is 0 Å². The van der Waals surface area contributed by atoms with Crippen LogP contribution in [-0.4, -0.2) is 45.4 Å². The van der Waals surface area contributed by atoms with E-state index in [0.717, 1.165) is 32.8 Å². The van der Waals surface area contributed by atoms with Crippen LogP contribution in [0.3, 0.4) is 0 Å². The highest BCUT2D eigenvalue weighted by molar-refractivity contribution is 5.30. The minimum Gasteiger partial charge on any atom is -0.383 e. The number of rotatable bonds is 9. The maximum absolute atomic E-state index is 5.66. The SMILES string of the molecule is COCCN(CCOC)Cc1ccc(CN)cc1C. The fraction of sp³-hybridized carbons (Fsp3) is 0.600. The summed E-state index contributed by atoms with van der Waals surface area (Å²) in [6.07, 6.45) is 0. The third-order valence-corrected chi connectivity index (χ3v) is 3.26. The smallest absolute Gasteiger partial charge is 0.0589 e. The Labute approximate surface area is 116 Å². The van der Waals surface area contributed by atoms with E-state index in [1.165, 1.54) is 16.7 Å². The third kappa shape index (κ3) is 5.70. The largest absolute Gasteiger partial charge is 0.383 e. The van der Waals surface area contributed by atoms with Gasteiger partial charge in [-0.1, -0.05) is 18.2 Å². The van der Waals surface area contributed by atoms with E-state index in [9.17, 15) is 0 Å². The van der Waals surface area contributed by atoms with Crippen molar-refractivity contribution in [2.45, 2.75) is 20.0 Å². The van der Waals surface area contributed by atoms with E-state index in [2.05, 4.69) is 30.0 Å². The summed E-state index contributed by atoms with van der Waals surface area (Å²) in [6.45, 7) is 6.96. The van der Waals surface area contributed by atoms with Crippen molar-refractivity contribution in [1.82, 2.24) is 4.90 Å². The normalized spacial score (nSPS) is 11.2. The number of ether oxygens (including phenoxy) is 2. The number of hydrogen-bond donors (Lipinski definition) is 1. The van der Waals surface area contributed by atoms with Crippen molar-refractivity contribution in [3.63, 3.8) is 0 Å². The molecule has 1 aromatic rings. The first-order chi connectivity index (χ1) is 9.21. The van der Waals surface area contributed by atoms with E-state index in [4.69, 9.17) is 15.2 Å². The average Bonchev–Trinajstić information content (AvgIpc) is 2.43. The molecule has 108 valence electrons. The predicted octanol–water partition coefficient (Wildman–Crippen LogP) is 1.55. The van der Waals surface area contributed by atoms with Gasteiger partial charge in [0.1, 0.15) is 0 Å². The highest BCUT2D eigenvalue weighted by Crippen LogP contribution is 2.13. The Morgan fingerprint density at radius 1 is 1.11 bits per heavy atom. The minimum atomic E-state index is 0.595. The summed E-state index contributed by atoms with van der Waals surface area (Å²) >= 11 is 0. The molecule has 4 heteroatoms. The van der Waals surface area contributed by atoms with Gasteiger partial charge in [0.05, 0.1) is 13.2 Å². The first kappa shape index (κ1) is 16.1. The number of nitrogens with zero attached hydrogens (tertiary/aromatic N) is 1. The molecule has 0 fully saturated rings. The van der Waals surface area contributed by atoms with Crippen molar-refractivity contribution in [2.75, 3.05) is 40.5 Å². The Balaban J connectivity index is 2.65. The summed E-state index contributed by atoms with van der Waals surface area (Å²) in [4.78, 5) is 2.34. The Kier molecular flexibility index (Phi) is 7.67. The predicted molar refractivity (Wildman–Crippen MR) is 78.1 cm³/mol. The van der Waals surface area contributed by atoms with Gasteiger partial charge in [0, 0.05) is 40.4 Å². The number of nitrogens with two attached hydrogens (primary N) is 1. The summed E-state index contributed by atoms with van der Waals surface area (Å²) < 4.78 is 10.3. The molecule has 0 saturated carbocycles. The molecule has 0 aliphatic heterocycles. The molecule has 0 atom stereocenters. The second-order valence-corrected chi connectivity index (χ2v) is 4.73. The van der Waals surface area contributed by atoms with Gasteiger partial charge in [0.2, 0.25) is 0 Å². The highest BCUT2D eigenvalue weighted by atomic mass is 16.5. The van der Waals surface area contributed by atoms with Crippen LogP contribution in [0.15, 0.2) is 18.2 Å². The van der Waals surface area contributed by atoms with Crippen molar-refractivity contribution in [3.05, 3.63) is 34.9 Å². The average molecular weight is 266 g/mol. The van der Waals surface area contributed by atoms with Crippen LogP contribution >= 0.6 is 0 Å². The van der Waals surface area contributed by atoms with Crippen LogP contribution in [0.2, 0.25) is 0 Å². The lowest BCUT2D eigenvalue weighted by Crippen LogP contribution is -2.30. The molecule has 0 heterocycles. The number of aryl methyl sites for hydroxylation is 1. The molecular weight excluding hydrogens is 240 g/mol. The van der Waals surface area contributed by atoms with Crippen LogP contribution < -0.4 is 5.73 Å².